The zero-order valence-corrected chi connectivity index (χ0v) is 63.4. The molecule has 0 unspecified atom stereocenters. The minimum atomic E-state index is -0.242. The first-order valence-electron chi connectivity index (χ1n) is 35.5. The van der Waals surface area contributed by atoms with Crippen LogP contribution in [-0.2, 0) is 60.7 Å². The summed E-state index contributed by atoms with van der Waals surface area (Å²) in [6.07, 6.45) is 8.36. The average molecular weight is 1560 g/mol. The summed E-state index contributed by atoms with van der Waals surface area (Å²) >= 11 is 0. The zero-order chi connectivity index (χ0) is 77.1. The molecule has 0 aliphatic heterocycles. The first kappa shape index (κ1) is 117. The summed E-state index contributed by atoms with van der Waals surface area (Å²) in [5.74, 6) is 3.15. The highest BCUT2D eigenvalue weighted by molar-refractivity contribution is 5.76. The van der Waals surface area contributed by atoms with Crippen LogP contribution in [-0.4, -0.2) is 68.1 Å². The highest BCUT2D eigenvalue weighted by Gasteiger charge is 2.11. The van der Waals surface area contributed by atoms with Crippen molar-refractivity contribution in [2.75, 3.05) is 20.3 Å². The molecule has 0 fully saturated rings. The van der Waals surface area contributed by atoms with Gasteiger partial charge in [0.25, 0.3) is 0 Å². The van der Waals surface area contributed by atoms with Crippen LogP contribution in [0.2, 0.25) is 0 Å². The van der Waals surface area contributed by atoms with Crippen LogP contribution in [0.3, 0.4) is 0 Å². The van der Waals surface area contributed by atoms with Gasteiger partial charge in [-0.2, -0.15) is 0 Å². The largest absolute Gasteiger partial charge is 0.497 e. The van der Waals surface area contributed by atoms with E-state index < -0.39 is 0 Å². The Morgan fingerprint density at radius 3 is 0.991 bits per heavy atom. The van der Waals surface area contributed by atoms with Crippen LogP contribution < -0.4 is 33.2 Å². The Morgan fingerprint density at radius 1 is 0.304 bits per heavy atom. The van der Waals surface area contributed by atoms with Gasteiger partial charge in [-0.05, 0) is 122 Å². The fraction of sp³-hybridized carbons (Fsp3) is 0.411. The first-order chi connectivity index (χ1) is 49.9. The summed E-state index contributed by atoms with van der Waals surface area (Å²) in [6, 6.07) is 69.2. The van der Waals surface area contributed by atoms with Gasteiger partial charge in [0.1, 0.15) is 40.2 Å². The maximum absolute atomic E-state index is 11.3. The lowest BCUT2D eigenvalue weighted by atomic mass is 10.1. The number of carbonyl (C=O) groups is 8. The van der Waals surface area contributed by atoms with E-state index in [1.165, 1.54) is 11.1 Å². The zero-order valence-electron chi connectivity index (χ0n) is 63.4. The van der Waals surface area contributed by atoms with Crippen molar-refractivity contribution in [1.29, 1.82) is 0 Å². The topological polar surface area (TPSA) is 220 Å². The van der Waals surface area contributed by atoms with Crippen molar-refractivity contribution >= 4 is 47.8 Å². The fourth-order valence-electron chi connectivity index (χ4n) is 7.72. The van der Waals surface area contributed by atoms with Crippen LogP contribution in [0.5, 0.6) is 40.2 Å². The second-order valence-electron chi connectivity index (χ2n) is 24.1. The van der Waals surface area contributed by atoms with E-state index in [-0.39, 0.29) is 119 Å². The minimum absolute atomic E-state index is 0. The first-order valence-corrected chi connectivity index (χ1v) is 35.5. The van der Waals surface area contributed by atoms with E-state index >= 15 is 0 Å². The van der Waals surface area contributed by atoms with E-state index in [0.717, 1.165) is 49.7 Å². The monoisotopic (exact) mass is 1560 g/mol. The molecule has 8 aromatic carbocycles. The lowest BCUT2D eigenvalue weighted by Gasteiger charge is -2.06. The minimum Gasteiger partial charge on any atom is -0.497 e. The van der Waals surface area contributed by atoms with E-state index in [1.807, 2.05) is 208 Å². The van der Waals surface area contributed by atoms with Gasteiger partial charge in [-0.25, -0.2) is 0 Å². The van der Waals surface area contributed by atoms with Gasteiger partial charge in [0.15, 0.2) is 0 Å². The predicted molar refractivity (Wildman–Crippen MR) is 464 cm³/mol. The number of para-hydroxylation sites is 3. The third-order valence-corrected chi connectivity index (χ3v) is 13.5. The second kappa shape index (κ2) is 74.4. The number of aryl methyl sites for hydroxylation is 2. The molecule has 0 atom stereocenters. The molecule has 0 aliphatic rings. The third-order valence-electron chi connectivity index (χ3n) is 13.5. The summed E-state index contributed by atoms with van der Waals surface area (Å²) in [5, 5.41) is 0. The molecule has 0 spiro atoms. The molecule has 624 valence electrons. The van der Waals surface area contributed by atoms with Crippen molar-refractivity contribution in [2.45, 2.75) is 226 Å². The van der Waals surface area contributed by atoms with Gasteiger partial charge in [0, 0.05) is 57.4 Å². The SMILES string of the molecule is C.C.C.C.C.C.C.C.CC(C)C(=O)Oc1ccccc1.CC(C)CC(=O)OCCc1ccccc1.CCC(=O)Oc1cccc(C)c1.CCC(=O)Oc1cccc(OC)c1.CCC(=O)Oc1ccccc1.CCCC(=O)Oc1ccccc1.CCCCCC(=O)OCCc1ccccc1.Cc1ccc(OC(=O)C(C)C)cc1. The van der Waals surface area contributed by atoms with Crippen LogP contribution in [0.4, 0.5) is 0 Å². The Labute approximate surface area is 676 Å². The van der Waals surface area contributed by atoms with Crippen molar-refractivity contribution in [3.8, 4) is 40.2 Å². The van der Waals surface area contributed by atoms with Gasteiger partial charge in [-0.15, -0.1) is 0 Å². The second-order valence-corrected chi connectivity index (χ2v) is 24.1. The molecular weight excluding hydrogens is 1410 g/mol. The molecule has 0 saturated heterocycles. The van der Waals surface area contributed by atoms with E-state index in [4.69, 9.17) is 42.6 Å². The normalized spacial score (nSPS) is 9.08. The molecule has 8 rings (SSSR count). The number of rotatable bonds is 26. The standard InChI is InChI=1S/C14H20O2.C13H18O2.C11H14O2.C10H12O3.3C10H12O2.C9H10O2.8CH4/c1-2-3-5-10-14(15)16-12-11-13-8-6-4-7-9-13;1-11(2)10-13(14)15-9-8-12-6-4-3-5-7-12;1-8(2)11(12)13-10-6-4-9(3)5-7-10;1-3-10(11)13-9-6-4-5-8(7-9)12-2;1-8(2)10(11)12-9-6-4-3-5-7-9;1-3-10(11)12-9-6-4-5-8(2)7-9;1-2-6-10(11)12-9-7-4-3-5-8-9;1-2-9(10)11-8-6-4-3-5-7-8;;;;;;;;/h4,6-9H,2-3,5,10-12H2,1H3;3-7,11H,8-10H2,1-2H3;4-8H,1-3H3;4-7H,3H2,1-2H3;3-8H,1-2H3;4-7H,3H2,1-2H3;3-5,7-8H,2,6H2,1H3;3-7H,2H2,1H3;8*1H4. The molecule has 0 amide bonds. The lowest BCUT2D eigenvalue weighted by Crippen LogP contribution is -2.14. The number of carbonyl (C=O) groups excluding carboxylic acids is 8. The Morgan fingerprint density at radius 2 is 0.634 bits per heavy atom. The van der Waals surface area contributed by atoms with E-state index in [1.54, 1.807) is 107 Å². The predicted octanol–water partition coefficient (Wildman–Crippen LogP) is 24.8. The van der Waals surface area contributed by atoms with Gasteiger partial charge >= 0.3 is 47.8 Å². The number of esters is 8. The van der Waals surface area contributed by atoms with Crippen molar-refractivity contribution in [3.63, 3.8) is 0 Å². The number of benzene rings is 8. The van der Waals surface area contributed by atoms with E-state index in [2.05, 4.69) is 6.92 Å². The van der Waals surface area contributed by atoms with Gasteiger partial charge < -0.3 is 42.6 Å². The van der Waals surface area contributed by atoms with Crippen molar-refractivity contribution < 1.29 is 81.0 Å². The van der Waals surface area contributed by atoms with Crippen molar-refractivity contribution in [3.05, 3.63) is 247 Å². The highest BCUT2D eigenvalue weighted by Crippen LogP contribution is 2.20. The van der Waals surface area contributed by atoms with E-state index in [0.29, 0.717) is 97.9 Å². The molecule has 0 saturated carbocycles. The molecule has 0 aliphatic carbocycles. The summed E-state index contributed by atoms with van der Waals surface area (Å²) in [7, 11) is 1.57. The van der Waals surface area contributed by atoms with Gasteiger partial charge in [0.05, 0.1) is 32.2 Å². The molecule has 8 aromatic rings. The number of hydrogen-bond donors (Lipinski definition) is 0. The van der Waals surface area contributed by atoms with Crippen LogP contribution in [0.1, 0.15) is 222 Å². The number of ether oxygens (including phenoxy) is 9. The van der Waals surface area contributed by atoms with Gasteiger partial charge in [0.2, 0.25) is 0 Å². The van der Waals surface area contributed by atoms with Gasteiger partial charge in [-0.1, -0.05) is 300 Å². The molecule has 0 bridgehead atoms. The summed E-state index contributed by atoms with van der Waals surface area (Å²) in [5.41, 5.74) is 4.67. The Hall–Kier alpha value is -10.7. The summed E-state index contributed by atoms with van der Waals surface area (Å²) in [4.78, 5) is 88.3. The van der Waals surface area contributed by atoms with Crippen LogP contribution >= 0.6 is 0 Å². The molecule has 17 heteroatoms. The molecule has 0 aromatic heterocycles. The molecule has 0 N–H and O–H groups in total. The smallest absolute Gasteiger partial charge is 0.313 e. The Bertz CT molecular complexity index is 3600. The van der Waals surface area contributed by atoms with Crippen LogP contribution in [0.15, 0.2) is 224 Å². The number of hydrogen-bond acceptors (Lipinski definition) is 17. The van der Waals surface area contributed by atoms with Gasteiger partial charge in [-0.3, -0.25) is 38.4 Å². The molecule has 0 radical (unpaired) electrons. The van der Waals surface area contributed by atoms with Crippen LogP contribution in [0.25, 0.3) is 0 Å². The van der Waals surface area contributed by atoms with Crippen molar-refractivity contribution in [1.82, 2.24) is 0 Å². The summed E-state index contributed by atoms with van der Waals surface area (Å²) < 4.78 is 45.3. The fourth-order valence-corrected chi connectivity index (χ4v) is 7.72. The Kier molecular flexibility index (Phi) is 77.8. The molecular formula is C95H142O17. The lowest BCUT2D eigenvalue weighted by molar-refractivity contribution is -0.145. The Balaban J connectivity index is -0.000000182. The van der Waals surface area contributed by atoms with E-state index in [9.17, 15) is 38.4 Å². The molecule has 112 heavy (non-hydrogen) atoms. The summed E-state index contributed by atoms with van der Waals surface area (Å²) in [6.45, 7) is 25.6. The van der Waals surface area contributed by atoms with Crippen molar-refractivity contribution in [2.24, 2.45) is 17.8 Å². The number of unbranched alkanes of at least 4 members (excludes halogenated alkanes) is 2. The third kappa shape index (κ3) is 63.1. The molecule has 17 nitrogen and oxygen atoms in total. The maximum Gasteiger partial charge on any atom is 0.313 e. The highest BCUT2D eigenvalue weighted by atomic mass is 16.6. The number of methoxy groups -OCH3 is 1. The quantitative estimate of drug-likeness (QED) is 0.0279. The maximum atomic E-state index is 11.3. The average Bonchev–Trinajstić information content (AvgIpc) is 0.916. The van der Waals surface area contributed by atoms with Crippen LogP contribution in [0, 0.1) is 31.6 Å². The molecule has 0 heterocycles.